The van der Waals surface area contributed by atoms with Gasteiger partial charge in [-0.2, -0.15) is 5.10 Å². The number of anilines is 2. The van der Waals surface area contributed by atoms with Crippen molar-refractivity contribution in [2.45, 2.75) is 0 Å². The lowest BCUT2D eigenvalue weighted by Gasteiger charge is -2.20. The summed E-state index contributed by atoms with van der Waals surface area (Å²) < 4.78 is 0. The van der Waals surface area contributed by atoms with Gasteiger partial charge in [-0.15, -0.1) is 0 Å². The van der Waals surface area contributed by atoms with Crippen molar-refractivity contribution in [2.75, 3.05) is 4.90 Å². The Kier molecular flexibility index (Phi) is 3.20. The van der Waals surface area contributed by atoms with Crippen LogP contribution in [0.1, 0.15) is 10.4 Å². The number of hydrogen-bond acceptors (Lipinski definition) is 4. The molecule has 6 heteroatoms. The molecule has 20 heavy (non-hydrogen) atoms. The maximum absolute atomic E-state index is 12.7. The van der Waals surface area contributed by atoms with Crippen molar-refractivity contribution in [3.63, 3.8) is 0 Å². The van der Waals surface area contributed by atoms with Crippen LogP contribution >= 0.6 is 0 Å². The predicted octanol–water partition coefficient (Wildman–Crippen LogP) is 2.18. The maximum atomic E-state index is 12.7. The van der Waals surface area contributed by atoms with Crippen molar-refractivity contribution >= 4 is 17.3 Å². The number of carbonyl (C=O) groups excluding carboxylic acids is 1. The first kappa shape index (κ1) is 12.0. The first-order valence-corrected chi connectivity index (χ1v) is 5.99. The van der Waals surface area contributed by atoms with Crippen LogP contribution in [0, 0.1) is 0 Å². The van der Waals surface area contributed by atoms with Gasteiger partial charge in [0.15, 0.2) is 0 Å². The first-order chi connectivity index (χ1) is 9.86. The summed E-state index contributed by atoms with van der Waals surface area (Å²) in [5.74, 6) is -0.175. The average Bonchev–Trinajstić information content (AvgIpc) is 3.03. The van der Waals surface area contributed by atoms with Crippen molar-refractivity contribution in [3.05, 3.63) is 67.0 Å². The summed E-state index contributed by atoms with van der Waals surface area (Å²) >= 11 is 0. The van der Waals surface area contributed by atoms with Gasteiger partial charge in [-0.3, -0.25) is 24.8 Å². The summed E-state index contributed by atoms with van der Waals surface area (Å²) in [4.78, 5) is 22.2. The summed E-state index contributed by atoms with van der Waals surface area (Å²) in [6.45, 7) is 0. The van der Waals surface area contributed by atoms with E-state index in [2.05, 4.69) is 20.2 Å². The minimum absolute atomic E-state index is 0.175. The second-order valence-corrected chi connectivity index (χ2v) is 4.04. The summed E-state index contributed by atoms with van der Waals surface area (Å²) in [6, 6.07) is 6.99. The molecule has 0 saturated carbocycles. The number of nitrogens with zero attached hydrogens (tertiary/aromatic N) is 4. The molecule has 6 nitrogen and oxygen atoms in total. The van der Waals surface area contributed by atoms with E-state index in [0.717, 1.165) is 5.69 Å². The van der Waals surface area contributed by atoms with Crippen molar-refractivity contribution in [1.29, 1.82) is 0 Å². The quantitative estimate of drug-likeness (QED) is 0.787. The van der Waals surface area contributed by atoms with Crippen molar-refractivity contribution in [3.8, 4) is 0 Å². The van der Waals surface area contributed by atoms with E-state index in [1.807, 2.05) is 0 Å². The highest BCUT2D eigenvalue weighted by Crippen LogP contribution is 2.25. The fourth-order valence-electron chi connectivity index (χ4n) is 1.86. The Balaban J connectivity index is 2.05. The lowest BCUT2D eigenvalue weighted by atomic mass is 10.2. The minimum Gasteiger partial charge on any atom is -0.284 e. The van der Waals surface area contributed by atoms with Gasteiger partial charge in [0.1, 0.15) is 0 Å². The van der Waals surface area contributed by atoms with Gasteiger partial charge in [0.2, 0.25) is 0 Å². The van der Waals surface area contributed by atoms with Crippen LogP contribution in [0.25, 0.3) is 0 Å². The number of aromatic nitrogens is 4. The molecule has 0 spiro atoms. The normalized spacial score (nSPS) is 10.2. The SMILES string of the molecule is O=C(c1cccnc1)N(c1ccncc1)c1cn[nH]c1. The zero-order valence-corrected chi connectivity index (χ0v) is 10.5. The van der Waals surface area contributed by atoms with Crippen LogP contribution in [0.15, 0.2) is 61.4 Å². The molecular weight excluding hydrogens is 254 g/mol. The van der Waals surface area contributed by atoms with Gasteiger partial charge in [0, 0.05) is 31.0 Å². The van der Waals surface area contributed by atoms with E-state index >= 15 is 0 Å². The highest BCUT2D eigenvalue weighted by Gasteiger charge is 2.20. The molecule has 0 aliphatic rings. The summed E-state index contributed by atoms with van der Waals surface area (Å²) in [5.41, 5.74) is 1.88. The molecule has 0 unspecified atom stereocenters. The molecule has 0 aliphatic heterocycles. The highest BCUT2D eigenvalue weighted by molar-refractivity contribution is 6.10. The third-order valence-corrected chi connectivity index (χ3v) is 2.77. The van der Waals surface area contributed by atoms with Gasteiger partial charge in [-0.25, -0.2) is 0 Å². The van der Waals surface area contributed by atoms with E-state index in [9.17, 15) is 4.79 Å². The Bertz CT molecular complexity index is 682. The van der Waals surface area contributed by atoms with Crippen molar-refractivity contribution in [1.82, 2.24) is 20.2 Å². The topological polar surface area (TPSA) is 74.8 Å². The summed E-state index contributed by atoms with van der Waals surface area (Å²) in [7, 11) is 0. The number of aromatic amines is 1. The fraction of sp³-hybridized carbons (Fsp3) is 0. The molecule has 0 aliphatic carbocycles. The number of hydrogen-bond donors (Lipinski definition) is 1. The third-order valence-electron chi connectivity index (χ3n) is 2.77. The lowest BCUT2D eigenvalue weighted by molar-refractivity contribution is 0.0999. The Morgan fingerprint density at radius 1 is 1.00 bits per heavy atom. The third kappa shape index (κ3) is 2.26. The Morgan fingerprint density at radius 3 is 2.50 bits per heavy atom. The first-order valence-electron chi connectivity index (χ1n) is 5.99. The fourth-order valence-corrected chi connectivity index (χ4v) is 1.86. The van der Waals surface area contributed by atoms with Crippen LogP contribution in [-0.2, 0) is 0 Å². The number of pyridine rings is 2. The molecule has 98 valence electrons. The molecule has 3 heterocycles. The van der Waals surface area contributed by atoms with Gasteiger partial charge in [0.25, 0.3) is 5.91 Å². The van der Waals surface area contributed by atoms with E-state index < -0.39 is 0 Å². The Morgan fingerprint density at radius 2 is 1.85 bits per heavy atom. The van der Waals surface area contributed by atoms with E-state index in [-0.39, 0.29) is 5.91 Å². The largest absolute Gasteiger partial charge is 0.284 e. The lowest BCUT2D eigenvalue weighted by Crippen LogP contribution is -2.25. The van der Waals surface area contributed by atoms with Crippen LogP contribution in [0.2, 0.25) is 0 Å². The van der Waals surface area contributed by atoms with Crippen molar-refractivity contribution < 1.29 is 4.79 Å². The molecule has 3 aromatic rings. The number of nitrogens with one attached hydrogen (secondary N) is 1. The molecule has 0 bridgehead atoms. The molecule has 1 amide bonds. The van der Waals surface area contributed by atoms with Crippen LogP contribution in [0.5, 0.6) is 0 Å². The van der Waals surface area contributed by atoms with Crippen LogP contribution in [-0.4, -0.2) is 26.1 Å². The predicted molar refractivity (Wildman–Crippen MR) is 73.5 cm³/mol. The van der Waals surface area contributed by atoms with E-state index in [1.165, 1.54) is 6.20 Å². The molecule has 0 atom stereocenters. The second-order valence-electron chi connectivity index (χ2n) is 4.04. The maximum Gasteiger partial charge on any atom is 0.264 e. The number of amides is 1. The molecule has 0 radical (unpaired) electrons. The monoisotopic (exact) mass is 265 g/mol. The number of carbonyl (C=O) groups is 1. The van der Waals surface area contributed by atoms with Gasteiger partial charge in [0.05, 0.1) is 23.1 Å². The number of rotatable bonds is 3. The van der Waals surface area contributed by atoms with Crippen molar-refractivity contribution in [2.24, 2.45) is 0 Å². The van der Waals surface area contributed by atoms with E-state index in [4.69, 9.17) is 0 Å². The van der Waals surface area contributed by atoms with Gasteiger partial charge in [-0.1, -0.05) is 0 Å². The summed E-state index contributed by atoms with van der Waals surface area (Å²) in [6.07, 6.45) is 9.70. The standard InChI is InChI=1S/C14H11N5O/c20-14(11-2-1-5-16-8-11)19(13-9-17-18-10-13)12-3-6-15-7-4-12/h1-10H,(H,17,18). The number of H-pyrrole nitrogens is 1. The zero-order valence-electron chi connectivity index (χ0n) is 10.5. The Labute approximate surface area is 115 Å². The average molecular weight is 265 g/mol. The van der Waals surface area contributed by atoms with Crippen LogP contribution in [0.3, 0.4) is 0 Å². The van der Waals surface area contributed by atoms with Crippen LogP contribution in [0.4, 0.5) is 11.4 Å². The van der Waals surface area contributed by atoms with Crippen LogP contribution < -0.4 is 4.90 Å². The van der Waals surface area contributed by atoms with E-state index in [0.29, 0.717) is 11.3 Å². The second kappa shape index (κ2) is 5.31. The van der Waals surface area contributed by atoms with Gasteiger partial charge >= 0.3 is 0 Å². The van der Waals surface area contributed by atoms with Gasteiger partial charge < -0.3 is 0 Å². The molecule has 1 N–H and O–H groups in total. The highest BCUT2D eigenvalue weighted by atomic mass is 16.2. The smallest absolute Gasteiger partial charge is 0.264 e. The van der Waals surface area contributed by atoms with E-state index in [1.54, 1.807) is 60.1 Å². The molecule has 3 aromatic heterocycles. The summed E-state index contributed by atoms with van der Waals surface area (Å²) in [5, 5.41) is 6.61. The molecule has 3 rings (SSSR count). The molecule has 0 aromatic carbocycles. The molecule has 0 saturated heterocycles. The molecular formula is C14H11N5O. The van der Waals surface area contributed by atoms with Gasteiger partial charge in [-0.05, 0) is 24.3 Å². The molecule has 0 fully saturated rings. The Hall–Kier alpha value is -3.02. The zero-order chi connectivity index (χ0) is 13.8. The minimum atomic E-state index is -0.175.